The molecule has 4 rings (SSSR count). The number of nitrogens with two attached hydrogens (primary N) is 2. The molecule has 7 heteroatoms. The second-order valence-electron chi connectivity index (χ2n) is 7.66. The van der Waals surface area contributed by atoms with Crippen molar-refractivity contribution in [3.8, 4) is 0 Å². The summed E-state index contributed by atoms with van der Waals surface area (Å²) in [7, 11) is 0. The normalized spacial score (nSPS) is 22.7. The number of carbonyl (C=O) groups is 1. The smallest absolute Gasteiger partial charge is 0.242 e. The number of hydrogen-bond donors (Lipinski definition) is 2. The van der Waals surface area contributed by atoms with Gasteiger partial charge in [0.2, 0.25) is 11.9 Å². The van der Waals surface area contributed by atoms with Crippen LogP contribution in [0.5, 0.6) is 0 Å². The SMILES string of the molecule is Cc1ccc(CN2CCN(c3cc(C4CC(N)C4)nc(N)n3)CC2=O)cc1. The number of hydrogen-bond acceptors (Lipinski definition) is 6. The third kappa shape index (κ3) is 3.88. The van der Waals surface area contributed by atoms with E-state index in [0.29, 0.717) is 25.6 Å². The molecule has 2 fully saturated rings. The summed E-state index contributed by atoms with van der Waals surface area (Å²) in [4.78, 5) is 25.3. The van der Waals surface area contributed by atoms with Crippen molar-refractivity contribution in [3.05, 3.63) is 47.2 Å². The Hall–Kier alpha value is -2.67. The Morgan fingerprint density at radius 3 is 2.56 bits per heavy atom. The predicted molar refractivity (Wildman–Crippen MR) is 105 cm³/mol. The molecule has 1 aromatic carbocycles. The molecule has 7 nitrogen and oxygen atoms in total. The molecule has 2 aromatic rings. The third-order valence-corrected chi connectivity index (χ3v) is 5.48. The molecule has 1 saturated heterocycles. The van der Waals surface area contributed by atoms with Crippen LogP contribution in [0.25, 0.3) is 0 Å². The molecule has 1 amide bonds. The summed E-state index contributed by atoms with van der Waals surface area (Å²) in [6, 6.07) is 10.5. The van der Waals surface area contributed by atoms with E-state index in [4.69, 9.17) is 11.5 Å². The van der Waals surface area contributed by atoms with Gasteiger partial charge in [-0.15, -0.1) is 0 Å². The van der Waals surface area contributed by atoms with Crippen molar-refractivity contribution in [2.45, 2.75) is 38.3 Å². The summed E-state index contributed by atoms with van der Waals surface area (Å²) in [6.45, 7) is 4.42. The first-order chi connectivity index (χ1) is 13.0. The quantitative estimate of drug-likeness (QED) is 0.849. The highest BCUT2D eigenvalue weighted by Gasteiger charge is 2.30. The third-order valence-electron chi connectivity index (χ3n) is 5.48. The number of nitrogen functional groups attached to an aromatic ring is 1. The van der Waals surface area contributed by atoms with Crippen LogP contribution in [0.1, 0.15) is 35.6 Å². The van der Waals surface area contributed by atoms with Gasteiger partial charge in [-0.05, 0) is 25.3 Å². The Labute approximate surface area is 159 Å². The van der Waals surface area contributed by atoms with Crippen molar-refractivity contribution in [1.29, 1.82) is 0 Å². The Balaban J connectivity index is 1.43. The van der Waals surface area contributed by atoms with Gasteiger partial charge in [0.1, 0.15) is 5.82 Å². The average Bonchev–Trinajstić information content (AvgIpc) is 2.62. The Bertz CT molecular complexity index is 831. The number of amides is 1. The summed E-state index contributed by atoms with van der Waals surface area (Å²) in [5.41, 5.74) is 15.1. The van der Waals surface area contributed by atoms with E-state index < -0.39 is 0 Å². The maximum atomic E-state index is 12.7. The largest absolute Gasteiger partial charge is 0.368 e. The fraction of sp³-hybridized carbons (Fsp3) is 0.450. The molecule has 4 N–H and O–H groups in total. The van der Waals surface area contributed by atoms with Crippen LogP contribution in [0, 0.1) is 6.92 Å². The molecule has 2 heterocycles. The highest BCUT2D eigenvalue weighted by atomic mass is 16.2. The van der Waals surface area contributed by atoms with E-state index in [1.54, 1.807) is 0 Å². The molecule has 142 valence electrons. The van der Waals surface area contributed by atoms with Gasteiger partial charge in [-0.1, -0.05) is 29.8 Å². The van der Waals surface area contributed by atoms with Crippen molar-refractivity contribution >= 4 is 17.7 Å². The van der Waals surface area contributed by atoms with Gasteiger partial charge in [0.05, 0.1) is 12.2 Å². The van der Waals surface area contributed by atoms with Gasteiger partial charge in [-0.25, -0.2) is 4.98 Å². The molecule has 0 spiro atoms. The highest BCUT2D eigenvalue weighted by molar-refractivity contribution is 5.82. The van der Waals surface area contributed by atoms with Crippen molar-refractivity contribution in [1.82, 2.24) is 14.9 Å². The second kappa shape index (κ2) is 7.15. The number of aromatic nitrogens is 2. The minimum absolute atomic E-state index is 0.103. The number of benzene rings is 1. The molecular weight excluding hydrogens is 340 g/mol. The van der Waals surface area contributed by atoms with E-state index in [9.17, 15) is 4.79 Å². The lowest BCUT2D eigenvalue weighted by Gasteiger charge is -2.36. The van der Waals surface area contributed by atoms with Crippen LogP contribution in [0.15, 0.2) is 30.3 Å². The molecule has 1 aliphatic carbocycles. The van der Waals surface area contributed by atoms with Gasteiger partial charge in [0, 0.05) is 37.7 Å². The number of aryl methyl sites for hydroxylation is 1. The Kier molecular flexibility index (Phi) is 4.70. The molecule has 0 unspecified atom stereocenters. The summed E-state index contributed by atoms with van der Waals surface area (Å²) in [5.74, 6) is 1.45. The second-order valence-corrected chi connectivity index (χ2v) is 7.66. The van der Waals surface area contributed by atoms with Crippen molar-refractivity contribution in [2.75, 3.05) is 30.3 Å². The number of nitrogens with zero attached hydrogens (tertiary/aromatic N) is 4. The van der Waals surface area contributed by atoms with Crippen LogP contribution >= 0.6 is 0 Å². The lowest BCUT2D eigenvalue weighted by Crippen LogP contribution is -2.50. The van der Waals surface area contributed by atoms with Crippen LogP contribution in [0.2, 0.25) is 0 Å². The zero-order valence-electron chi connectivity index (χ0n) is 15.6. The van der Waals surface area contributed by atoms with Gasteiger partial charge < -0.3 is 21.3 Å². The van der Waals surface area contributed by atoms with E-state index in [0.717, 1.165) is 36.5 Å². The molecule has 0 atom stereocenters. The molecule has 1 saturated carbocycles. The van der Waals surface area contributed by atoms with E-state index in [-0.39, 0.29) is 17.9 Å². The summed E-state index contributed by atoms with van der Waals surface area (Å²) in [5, 5.41) is 0. The number of carbonyl (C=O) groups excluding carboxylic acids is 1. The summed E-state index contributed by atoms with van der Waals surface area (Å²) in [6.07, 6.45) is 1.86. The zero-order chi connectivity index (χ0) is 19.0. The monoisotopic (exact) mass is 366 g/mol. The maximum Gasteiger partial charge on any atom is 0.242 e. The maximum absolute atomic E-state index is 12.7. The predicted octanol–water partition coefficient (Wildman–Crippen LogP) is 1.42. The van der Waals surface area contributed by atoms with Crippen LogP contribution in [0.3, 0.4) is 0 Å². The van der Waals surface area contributed by atoms with Crippen LogP contribution in [-0.4, -0.2) is 46.5 Å². The molecule has 0 radical (unpaired) electrons. The van der Waals surface area contributed by atoms with Gasteiger partial charge in [0.25, 0.3) is 0 Å². The fourth-order valence-electron chi connectivity index (χ4n) is 3.73. The van der Waals surface area contributed by atoms with Gasteiger partial charge in [-0.2, -0.15) is 4.98 Å². The van der Waals surface area contributed by atoms with E-state index in [1.807, 2.05) is 15.9 Å². The van der Waals surface area contributed by atoms with E-state index in [1.165, 1.54) is 5.56 Å². The standard InChI is InChI=1S/C20H26N6O/c1-13-2-4-14(5-3-13)11-26-7-6-25(12-19(26)27)18-10-17(23-20(22)24-18)15-8-16(21)9-15/h2-5,10,15-16H,6-9,11-12,21H2,1H3,(H2,22,23,24). The van der Waals surface area contributed by atoms with Crippen LogP contribution in [0.4, 0.5) is 11.8 Å². The van der Waals surface area contributed by atoms with E-state index >= 15 is 0 Å². The summed E-state index contributed by atoms with van der Waals surface area (Å²) >= 11 is 0. The minimum Gasteiger partial charge on any atom is -0.368 e. The molecular formula is C20H26N6O. The van der Waals surface area contributed by atoms with Crippen LogP contribution in [-0.2, 0) is 11.3 Å². The molecule has 2 aliphatic rings. The van der Waals surface area contributed by atoms with E-state index in [2.05, 4.69) is 41.2 Å². The molecule has 0 bridgehead atoms. The topological polar surface area (TPSA) is 101 Å². The molecule has 27 heavy (non-hydrogen) atoms. The first-order valence-corrected chi connectivity index (χ1v) is 9.46. The molecule has 1 aliphatic heterocycles. The number of rotatable bonds is 4. The number of anilines is 2. The lowest BCUT2D eigenvalue weighted by atomic mass is 9.78. The zero-order valence-corrected chi connectivity index (χ0v) is 15.6. The Morgan fingerprint density at radius 1 is 1.15 bits per heavy atom. The first-order valence-electron chi connectivity index (χ1n) is 9.46. The lowest BCUT2D eigenvalue weighted by molar-refractivity contribution is -0.131. The van der Waals surface area contributed by atoms with Crippen molar-refractivity contribution < 1.29 is 4.79 Å². The van der Waals surface area contributed by atoms with Gasteiger partial charge in [0.15, 0.2) is 0 Å². The Morgan fingerprint density at radius 2 is 1.89 bits per heavy atom. The average molecular weight is 366 g/mol. The van der Waals surface area contributed by atoms with Crippen LogP contribution < -0.4 is 16.4 Å². The minimum atomic E-state index is 0.103. The number of piperazine rings is 1. The first kappa shape index (κ1) is 17.7. The van der Waals surface area contributed by atoms with Gasteiger partial charge >= 0.3 is 0 Å². The summed E-state index contributed by atoms with van der Waals surface area (Å²) < 4.78 is 0. The fourth-order valence-corrected chi connectivity index (χ4v) is 3.73. The van der Waals surface area contributed by atoms with Crippen molar-refractivity contribution in [2.24, 2.45) is 5.73 Å². The van der Waals surface area contributed by atoms with Crippen molar-refractivity contribution in [3.63, 3.8) is 0 Å². The highest BCUT2D eigenvalue weighted by Crippen LogP contribution is 2.36. The van der Waals surface area contributed by atoms with Gasteiger partial charge in [-0.3, -0.25) is 4.79 Å². The molecule has 1 aromatic heterocycles.